The zero-order chi connectivity index (χ0) is 17.9. The third kappa shape index (κ3) is 7.01. The van der Waals surface area contributed by atoms with Gasteiger partial charge in [-0.1, -0.05) is 43.9 Å². The zero-order valence-electron chi connectivity index (χ0n) is 14.4. The number of amides is 2. The quantitative estimate of drug-likeness (QED) is 0.616. The van der Waals surface area contributed by atoms with Crippen molar-refractivity contribution >= 4 is 23.3 Å². The lowest BCUT2D eigenvalue weighted by molar-refractivity contribution is 0.252. The number of carbonyl (C=O) groups is 1. The van der Waals surface area contributed by atoms with Crippen molar-refractivity contribution in [3.05, 3.63) is 53.3 Å². The van der Waals surface area contributed by atoms with Crippen molar-refractivity contribution in [2.45, 2.75) is 39.2 Å². The minimum atomic E-state index is -0.227. The van der Waals surface area contributed by atoms with Crippen molar-refractivity contribution in [3.63, 3.8) is 0 Å². The Labute approximate surface area is 153 Å². The standard InChI is InChI=1S/C19H24ClN3O2/c1-2-3-4-6-12-22-19(24)23-15-9-10-18(17(20)13-15)25-14-16-8-5-7-11-21-16/h5,7-11,13H,2-4,6,12,14H2,1H3,(H2,22,23,24). The third-order valence-electron chi connectivity index (χ3n) is 3.61. The van der Waals surface area contributed by atoms with E-state index in [-0.39, 0.29) is 6.03 Å². The van der Waals surface area contributed by atoms with Crippen LogP contribution in [0, 0.1) is 0 Å². The minimum absolute atomic E-state index is 0.227. The van der Waals surface area contributed by atoms with E-state index in [0.29, 0.717) is 29.6 Å². The topological polar surface area (TPSA) is 63.2 Å². The first kappa shape index (κ1) is 19.1. The van der Waals surface area contributed by atoms with Crippen LogP contribution in [0.2, 0.25) is 5.02 Å². The number of nitrogens with one attached hydrogen (secondary N) is 2. The van der Waals surface area contributed by atoms with Crippen molar-refractivity contribution in [2.75, 3.05) is 11.9 Å². The molecule has 2 rings (SSSR count). The predicted molar refractivity (Wildman–Crippen MR) is 101 cm³/mol. The molecule has 1 aromatic carbocycles. The highest BCUT2D eigenvalue weighted by molar-refractivity contribution is 6.32. The van der Waals surface area contributed by atoms with Gasteiger partial charge in [0.05, 0.1) is 10.7 Å². The number of rotatable bonds is 9. The Morgan fingerprint density at radius 1 is 1.20 bits per heavy atom. The maximum atomic E-state index is 11.8. The van der Waals surface area contributed by atoms with Gasteiger partial charge in [-0.15, -0.1) is 0 Å². The second-order valence-electron chi connectivity index (χ2n) is 5.70. The molecule has 0 bridgehead atoms. The molecule has 0 aliphatic carbocycles. The van der Waals surface area contributed by atoms with Gasteiger partial charge in [-0.25, -0.2) is 4.79 Å². The normalized spacial score (nSPS) is 10.3. The van der Waals surface area contributed by atoms with E-state index in [2.05, 4.69) is 22.5 Å². The van der Waals surface area contributed by atoms with Gasteiger partial charge in [-0.3, -0.25) is 4.98 Å². The molecule has 0 atom stereocenters. The number of halogens is 1. The van der Waals surface area contributed by atoms with E-state index >= 15 is 0 Å². The average molecular weight is 362 g/mol. The number of nitrogens with zero attached hydrogens (tertiary/aromatic N) is 1. The highest BCUT2D eigenvalue weighted by Crippen LogP contribution is 2.28. The summed E-state index contributed by atoms with van der Waals surface area (Å²) >= 11 is 6.22. The van der Waals surface area contributed by atoms with E-state index in [1.807, 2.05) is 18.2 Å². The molecule has 2 N–H and O–H groups in total. The van der Waals surface area contributed by atoms with Gasteiger partial charge in [0.2, 0.25) is 0 Å². The summed E-state index contributed by atoms with van der Waals surface area (Å²) in [6.07, 6.45) is 6.21. The largest absolute Gasteiger partial charge is 0.486 e. The Morgan fingerprint density at radius 2 is 2.08 bits per heavy atom. The van der Waals surface area contributed by atoms with Crippen LogP contribution in [0.3, 0.4) is 0 Å². The summed E-state index contributed by atoms with van der Waals surface area (Å²) < 4.78 is 5.66. The summed E-state index contributed by atoms with van der Waals surface area (Å²) in [5, 5.41) is 6.05. The van der Waals surface area contributed by atoms with Crippen molar-refractivity contribution in [3.8, 4) is 5.75 Å². The van der Waals surface area contributed by atoms with Crippen molar-refractivity contribution in [1.82, 2.24) is 10.3 Å². The lowest BCUT2D eigenvalue weighted by atomic mass is 10.2. The maximum Gasteiger partial charge on any atom is 0.319 e. The first-order valence-electron chi connectivity index (χ1n) is 8.56. The molecular weight excluding hydrogens is 338 g/mol. The average Bonchev–Trinajstić information content (AvgIpc) is 2.62. The number of unbranched alkanes of at least 4 members (excludes halogenated alkanes) is 3. The van der Waals surface area contributed by atoms with Crippen LogP contribution in [-0.4, -0.2) is 17.6 Å². The van der Waals surface area contributed by atoms with E-state index in [4.69, 9.17) is 16.3 Å². The van der Waals surface area contributed by atoms with Crippen LogP contribution < -0.4 is 15.4 Å². The number of hydrogen-bond acceptors (Lipinski definition) is 3. The molecule has 1 heterocycles. The Morgan fingerprint density at radius 3 is 2.80 bits per heavy atom. The van der Waals surface area contributed by atoms with Gasteiger partial charge in [0.15, 0.2) is 0 Å². The smallest absolute Gasteiger partial charge is 0.319 e. The SMILES string of the molecule is CCCCCCNC(=O)Nc1ccc(OCc2ccccn2)c(Cl)c1. The van der Waals surface area contributed by atoms with Crippen LogP contribution >= 0.6 is 11.6 Å². The van der Waals surface area contributed by atoms with Crippen LogP contribution in [0.1, 0.15) is 38.3 Å². The Hall–Kier alpha value is -2.27. The van der Waals surface area contributed by atoms with Crippen LogP contribution in [0.5, 0.6) is 5.75 Å². The second-order valence-corrected chi connectivity index (χ2v) is 6.10. The van der Waals surface area contributed by atoms with Gasteiger partial charge in [0.1, 0.15) is 12.4 Å². The summed E-state index contributed by atoms with van der Waals surface area (Å²) in [5.74, 6) is 0.554. The molecule has 0 fully saturated rings. The molecular formula is C19H24ClN3O2. The fourth-order valence-corrected chi connectivity index (χ4v) is 2.49. The number of anilines is 1. The molecule has 6 heteroatoms. The molecule has 0 unspecified atom stereocenters. The fourth-order valence-electron chi connectivity index (χ4n) is 2.26. The van der Waals surface area contributed by atoms with E-state index in [9.17, 15) is 4.79 Å². The molecule has 0 radical (unpaired) electrons. The molecule has 2 aromatic rings. The number of pyridine rings is 1. The number of aromatic nitrogens is 1. The van der Waals surface area contributed by atoms with Crippen molar-refractivity contribution in [1.29, 1.82) is 0 Å². The third-order valence-corrected chi connectivity index (χ3v) is 3.90. The predicted octanol–water partition coefficient (Wildman–Crippen LogP) is 5.02. The number of benzene rings is 1. The highest BCUT2D eigenvalue weighted by Gasteiger charge is 2.06. The number of urea groups is 1. The summed E-state index contributed by atoms with van der Waals surface area (Å²) in [6, 6.07) is 10.6. The Kier molecular flexibility index (Phi) is 8.05. The van der Waals surface area contributed by atoms with Gasteiger partial charge in [-0.2, -0.15) is 0 Å². The van der Waals surface area contributed by atoms with E-state index in [1.54, 1.807) is 24.4 Å². The molecule has 0 aliphatic heterocycles. The first-order valence-corrected chi connectivity index (χ1v) is 8.94. The van der Waals surface area contributed by atoms with Crippen molar-refractivity contribution in [2.24, 2.45) is 0 Å². The lowest BCUT2D eigenvalue weighted by Crippen LogP contribution is -2.29. The van der Waals surface area contributed by atoms with Gasteiger partial charge in [-0.05, 0) is 36.8 Å². The summed E-state index contributed by atoms with van der Waals surface area (Å²) in [7, 11) is 0. The molecule has 1 aromatic heterocycles. The second kappa shape index (κ2) is 10.6. The Bertz CT molecular complexity index is 665. The van der Waals surface area contributed by atoms with E-state index in [1.165, 1.54) is 12.8 Å². The fraction of sp³-hybridized carbons (Fsp3) is 0.368. The molecule has 0 spiro atoms. The van der Waals surface area contributed by atoms with Gasteiger partial charge >= 0.3 is 6.03 Å². The van der Waals surface area contributed by atoms with Crippen LogP contribution in [-0.2, 0) is 6.61 Å². The highest BCUT2D eigenvalue weighted by atomic mass is 35.5. The van der Waals surface area contributed by atoms with Crippen LogP contribution in [0.4, 0.5) is 10.5 Å². The molecule has 0 saturated heterocycles. The molecule has 5 nitrogen and oxygen atoms in total. The zero-order valence-corrected chi connectivity index (χ0v) is 15.2. The summed E-state index contributed by atoms with van der Waals surface area (Å²) in [4.78, 5) is 16.0. The molecule has 25 heavy (non-hydrogen) atoms. The van der Waals surface area contributed by atoms with Crippen molar-refractivity contribution < 1.29 is 9.53 Å². The maximum absolute atomic E-state index is 11.8. The minimum Gasteiger partial charge on any atom is -0.486 e. The lowest BCUT2D eigenvalue weighted by Gasteiger charge is -2.11. The summed E-state index contributed by atoms with van der Waals surface area (Å²) in [5.41, 5.74) is 1.45. The van der Waals surface area contributed by atoms with Gasteiger partial charge in [0, 0.05) is 18.4 Å². The number of ether oxygens (including phenoxy) is 1. The summed E-state index contributed by atoms with van der Waals surface area (Å²) in [6.45, 7) is 3.17. The van der Waals surface area contributed by atoms with E-state index in [0.717, 1.165) is 18.5 Å². The van der Waals surface area contributed by atoms with Crippen LogP contribution in [0.25, 0.3) is 0 Å². The van der Waals surface area contributed by atoms with Crippen LogP contribution in [0.15, 0.2) is 42.6 Å². The Balaban J connectivity index is 1.79. The molecule has 2 amide bonds. The van der Waals surface area contributed by atoms with E-state index < -0.39 is 0 Å². The first-order chi connectivity index (χ1) is 12.2. The number of carbonyl (C=O) groups excluding carboxylic acids is 1. The molecule has 134 valence electrons. The molecule has 0 aliphatic rings. The monoisotopic (exact) mass is 361 g/mol. The van der Waals surface area contributed by atoms with Gasteiger partial charge < -0.3 is 15.4 Å². The van der Waals surface area contributed by atoms with Gasteiger partial charge in [0.25, 0.3) is 0 Å². The number of hydrogen-bond donors (Lipinski definition) is 2. The molecule has 0 saturated carbocycles.